The summed E-state index contributed by atoms with van der Waals surface area (Å²) in [5.74, 6) is -0.942. The molecule has 2 rings (SSSR count). The summed E-state index contributed by atoms with van der Waals surface area (Å²) in [6.45, 7) is 0. The molecule has 3 unspecified atom stereocenters. The van der Waals surface area contributed by atoms with E-state index in [0.717, 1.165) is 5.56 Å². The van der Waals surface area contributed by atoms with Crippen molar-refractivity contribution >= 4 is 52.1 Å². The molecule has 0 amide bonds. The summed E-state index contributed by atoms with van der Waals surface area (Å²) in [6, 6.07) is 12.7. The Balaban J connectivity index is 0.00000420. The quantitative estimate of drug-likeness (QED) is 0.214. The van der Waals surface area contributed by atoms with Gasteiger partial charge >= 0.3 is 36.6 Å². The van der Waals surface area contributed by atoms with E-state index in [4.69, 9.17) is 37.6 Å². The zero-order valence-electron chi connectivity index (χ0n) is 15.4. The molecule has 0 saturated carbocycles. The van der Waals surface area contributed by atoms with Crippen LogP contribution in [-0.4, -0.2) is 28.0 Å². The Labute approximate surface area is 202 Å². The van der Waals surface area contributed by atoms with Crippen molar-refractivity contribution in [1.29, 1.82) is 0 Å². The van der Waals surface area contributed by atoms with Crippen LogP contribution in [0.5, 0.6) is 11.5 Å². The summed E-state index contributed by atoms with van der Waals surface area (Å²) < 4.78 is 23.2. The molecule has 0 radical (unpaired) electrons. The standard InChI is InChI=1S/C15H15N2O6P3S2.Na/c1-17(16-10-11-2-6-13(7-3-11)22-24-27)25(28)23-14-8-4-12(5-9-14)15(18)26(19,20)21;/h2-10,15,18H,1H3,(H-,19,20,21);/q;+1/b16-10+;. The predicted octanol–water partition coefficient (Wildman–Crippen LogP) is 0.0476. The molecule has 0 aromatic heterocycles. The zero-order chi connectivity index (χ0) is 20.7. The van der Waals surface area contributed by atoms with Crippen LogP contribution in [0, 0.1) is 0 Å². The Morgan fingerprint density at radius 3 is 2.31 bits per heavy atom. The second-order valence-electron chi connectivity index (χ2n) is 5.30. The number of aliphatic hydroxyl groups is 1. The molecule has 0 saturated heterocycles. The van der Waals surface area contributed by atoms with E-state index < -0.39 is 20.5 Å². The van der Waals surface area contributed by atoms with E-state index in [2.05, 4.69) is 5.10 Å². The summed E-state index contributed by atoms with van der Waals surface area (Å²) in [5, 5.41) is 13.8. The molecule has 3 atom stereocenters. The molecule has 0 heterocycles. The fourth-order valence-electron chi connectivity index (χ4n) is 1.89. The third-order valence-electron chi connectivity index (χ3n) is 3.30. The first-order valence-corrected chi connectivity index (χ1v) is 13.2. The molecule has 0 spiro atoms. The maximum atomic E-state index is 11.0. The third kappa shape index (κ3) is 8.74. The summed E-state index contributed by atoms with van der Waals surface area (Å²) in [6.07, 6.45) is 1.62. The van der Waals surface area contributed by atoms with E-state index in [-0.39, 0.29) is 35.1 Å². The Kier molecular flexibility index (Phi) is 11.5. The van der Waals surface area contributed by atoms with Crippen LogP contribution in [0.3, 0.4) is 0 Å². The van der Waals surface area contributed by atoms with Crippen molar-refractivity contribution in [3.8, 4) is 11.5 Å². The van der Waals surface area contributed by atoms with Gasteiger partial charge in [0.25, 0.3) is 0 Å². The molecule has 0 aliphatic carbocycles. The van der Waals surface area contributed by atoms with Crippen LogP contribution in [0.4, 0.5) is 0 Å². The second-order valence-corrected chi connectivity index (χ2v) is 9.88. The van der Waals surface area contributed by atoms with Crippen LogP contribution >= 0.6 is 22.3 Å². The van der Waals surface area contributed by atoms with E-state index in [1.54, 1.807) is 25.4 Å². The molecule has 29 heavy (non-hydrogen) atoms. The van der Waals surface area contributed by atoms with Gasteiger partial charge in [-0.3, -0.25) is 4.52 Å². The molecule has 0 fully saturated rings. The molecule has 2 aromatic rings. The van der Waals surface area contributed by atoms with Crippen molar-refractivity contribution in [2.75, 3.05) is 7.05 Å². The summed E-state index contributed by atoms with van der Waals surface area (Å²) in [4.78, 5) is 19.9. The number of hydrazone groups is 1. The topological polar surface area (TPSA) is 115 Å². The van der Waals surface area contributed by atoms with Gasteiger partial charge in [-0.05, 0) is 59.3 Å². The van der Waals surface area contributed by atoms with Gasteiger partial charge in [-0.25, -0.2) is 0 Å². The van der Waals surface area contributed by atoms with E-state index in [9.17, 15) is 14.6 Å². The molecule has 0 bridgehead atoms. The molecule has 2 aromatic carbocycles. The third-order valence-corrected chi connectivity index (χ3v) is 6.60. The van der Waals surface area contributed by atoms with Crippen molar-refractivity contribution in [3.63, 3.8) is 0 Å². The van der Waals surface area contributed by atoms with Gasteiger partial charge in [0.2, 0.25) is 19.4 Å². The van der Waals surface area contributed by atoms with Gasteiger partial charge in [0.15, 0.2) is 13.3 Å². The number of hydrogen-bond donors (Lipinski definition) is 2. The normalized spacial score (nSPS) is 14.6. The monoisotopic (exact) mass is 499 g/mol. The van der Waals surface area contributed by atoms with Crippen molar-refractivity contribution in [3.05, 3.63) is 59.7 Å². The van der Waals surface area contributed by atoms with Gasteiger partial charge in [-0.1, -0.05) is 16.9 Å². The Morgan fingerprint density at radius 2 is 1.79 bits per heavy atom. The van der Waals surface area contributed by atoms with Gasteiger partial charge in [-0.15, -0.1) is 5.10 Å². The number of aliphatic hydroxyl groups excluding tert-OH is 1. The first-order valence-electron chi connectivity index (χ1n) is 7.55. The number of hydrogen-bond acceptors (Lipinski definition) is 8. The Morgan fingerprint density at radius 1 is 1.24 bits per heavy atom. The van der Waals surface area contributed by atoms with Gasteiger partial charge < -0.3 is 24.0 Å². The molecular formula is C15H15N2NaO6P3S2+. The van der Waals surface area contributed by atoms with Crippen LogP contribution in [-0.2, 0) is 28.2 Å². The fraction of sp³-hybridized carbons (Fsp3) is 0.133. The number of rotatable bonds is 9. The Bertz CT molecular complexity index is 911. The van der Waals surface area contributed by atoms with E-state index >= 15 is 0 Å². The van der Waals surface area contributed by atoms with Crippen molar-refractivity contribution in [2.45, 2.75) is 5.85 Å². The second kappa shape index (κ2) is 12.5. The maximum absolute atomic E-state index is 11.0. The maximum Gasteiger partial charge on any atom is 1.00 e. The largest absolute Gasteiger partial charge is 1.00 e. The van der Waals surface area contributed by atoms with Gasteiger partial charge in [0.05, 0.1) is 13.3 Å². The predicted molar refractivity (Wildman–Crippen MR) is 113 cm³/mol. The SMILES string of the molecule is CN(/N=C/c1ccc(OP=S)cc1)[P+](=S)Oc1ccc(C(O)P(=O)([O-])O)cc1.[Na+]. The zero-order valence-corrected chi connectivity index (χ0v) is 21.7. The average molecular weight is 499 g/mol. The van der Waals surface area contributed by atoms with E-state index in [1.807, 2.05) is 12.1 Å². The van der Waals surface area contributed by atoms with Crippen molar-refractivity contribution < 1.29 is 58.1 Å². The molecule has 2 N–H and O–H groups in total. The minimum absolute atomic E-state index is 0. The molecule has 148 valence electrons. The van der Waals surface area contributed by atoms with Crippen molar-refractivity contribution in [1.82, 2.24) is 4.78 Å². The summed E-state index contributed by atoms with van der Waals surface area (Å²) in [5.41, 5.74) is 0.860. The summed E-state index contributed by atoms with van der Waals surface area (Å²) in [7, 11) is -4.33. The number of benzene rings is 2. The van der Waals surface area contributed by atoms with Crippen molar-refractivity contribution in [2.24, 2.45) is 5.10 Å². The molecule has 8 nitrogen and oxygen atoms in total. The van der Waals surface area contributed by atoms with E-state index in [1.165, 1.54) is 29.0 Å². The van der Waals surface area contributed by atoms with Gasteiger partial charge in [0.1, 0.15) is 11.6 Å². The van der Waals surface area contributed by atoms with Crippen LogP contribution in [0.25, 0.3) is 0 Å². The molecule has 0 aliphatic heterocycles. The molecule has 14 heteroatoms. The minimum Gasteiger partial charge on any atom is -0.777 e. The van der Waals surface area contributed by atoms with Gasteiger partial charge in [0, 0.05) is 0 Å². The van der Waals surface area contributed by atoms with Gasteiger partial charge in [-0.2, -0.15) is 0 Å². The average Bonchev–Trinajstić information content (AvgIpc) is 2.66. The first-order chi connectivity index (χ1) is 13.2. The van der Waals surface area contributed by atoms with Crippen LogP contribution < -0.4 is 43.5 Å². The molecular weight excluding hydrogens is 484 g/mol. The van der Waals surface area contributed by atoms with Crippen LogP contribution in [0.15, 0.2) is 53.6 Å². The fourth-order valence-corrected chi connectivity index (χ4v) is 3.84. The Hall–Kier alpha value is -0.340. The minimum atomic E-state index is -4.88. The molecule has 0 aliphatic rings. The summed E-state index contributed by atoms with van der Waals surface area (Å²) >= 11 is 10.0. The first kappa shape index (κ1) is 26.7. The number of nitrogens with zero attached hydrogens (tertiary/aromatic N) is 2. The smallest absolute Gasteiger partial charge is 0.777 e. The van der Waals surface area contributed by atoms with E-state index in [0.29, 0.717) is 19.1 Å². The van der Waals surface area contributed by atoms with Crippen LogP contribution in [0.2, 0.25) is 0 Å². The van der Waals surface area contributed by atoms with Crippen LogP contribution in [0.1, 0.15) is 17.0 Å².